The topological polar surface area (TPSA) is 106 Å². The van der Waals surface area contributed by atoms with Crippen molar-refractivity contribution in [3.05, 3.63) is 95.0 Å². The average molecular weight is 478 g/mol. The van der Waals surface area contributed by atoms with E-state index in [-0.39, 0.29) is 11.5 Å². The van der Waals surface area contributed by atoms with Gasteiger partial charge in [0.15, 0.2) is 11.5 Å². The number of nitrogens with one attached hydrogen (secondary N) is 2. The molecule has 0 aliphatic carbocycles. The number of hydrogen-bond donors (Lipinski definition) is 2. The van der Waals surface area contributed by atoms with E-state index in [0.717, 1.165) is 5.56 Å². The van der Waals surface area contributed by atoms with Crippen molar-refractivity contribution in [2.75, 3.05) is 12.4 Å². The lowest BCUT2D eigenvalue weighted by atomic mass is 10.2. The molecule has 34 heavy (non-hydrogen) atoms. The van der Waals surface area contributed by atoms with E-state index in [1.54, 1.807) is 42.5 Å². The first kappa shape index (κ1) is 24.2. The van der Waals surface area contributed by atoms with E-state index in [2.05, 4.69) is 15.8 Å². The van der Waals surface area contributed by atoms with Gasteiger partial charge in [0.05, 0.1) is 24.0 Å². The number of hydrogen-bond acceptors (Lipinski definition) is 6. The summed E-state index contributed by atoms with van der Waals surface area (Å²) in [6.45, 7) is 0. The zero-order valence-electron chi connectivity index (χ0n) is 18.0. The lowest BCUT2D eigenvalue weighted by molar-refractivity contribution is -0.136. The number of methoxy groups -OCH3 is 1. The summed E-state index contributed by atoms with van der Waals surface area (Å²) in [5.74, 6) is -1.97. The lowest BCUT2D eigenvalue weighted by Gasteiger charge is -2.08. The molecule has 0 radical (unpaired) electrons. The van der Waals surface area contributed by atoms with Crippen LogP contribution in [0.5, 0.6) is 11.5 Å². The normalized spacial score (nSPS) is 10.8. The molecule has 3 rings (SSSR count). The summed E-state index contributed by atoms with van der Waals surface area (Å²) in [5.41, 5.74) is 3.83. The molecule has 8 nitrogen and oxygen atoms in total. The fourth-order valence-electron chi connectivity index (χ4n) is 2.68. The van der Waals surface area contributed by atoms with Crippen molar-refractivity contribution in [1.82, 2.24) is 5.43 Å². The van der Waals surface area contributed by atoms with Crippen molar-refractivity contribution in [1.29, 1.82) is 0 Å². The van der Waals surface area contributed by atoms with E-state index >= 15 is 0 Å². The largest absolute Gasteiger partial charge is 0.493 e. The van der Waals surface area contributed by atoms with Crippen LogP contribution in [0.2, 0.25) is 5.02 Å². The van der Waals surface area contributed by atoms with E-state index < -0.39 is 17.8 Å². The second-order valence-electron chi connectivity index (χ2n) is 6.71. The molecule has 172 valence electrons. The standard InChI is InChI=1S/C25H20ClN3O5/c1-33-22-15-18(11-13-21(22)34-23(30)14-12-17-7-3-2-4-8-17)16-27-29-25(32)24(31)28-20-10-6-5-9-19(20)26/h2-16H,1H3,(H,28,31)(H,29,32). The van der Waals surface area contributed by atoms with Crippen LogP contribution in [0, 0.1) is 0 Å². The second-order valence-corrected chi connectivity index (χ2v) is 7.12. The van der Waals surface area contributed by atoms with Gasteiger partial charge in [-0.2, -0.15) is 5.10 Å². The summed E-state index contributed by atoms with van der Waals surface area (Å²) >= 11 is 5.95. The predicted molar refractivity (Wildman–Crippen MR) is 130 cm³/mol. The van der Waals surface area contributed by atoms with Crippen LogP contribution < -0.4 is 20.2 Å². The Morgan fingerprint density at radius 3 is 2.35 bits per heavy atom. The summed E-state index contributed by atoms with van der Waals surface area (Å²) in [5, 5.41) is 6.46. The maximum absolute atomic E-state index is 12.1. The third-order valence-electron chi connectivity index (χ3n) is 4.32. The number of halogens is 1. The van der Waals surface area contributed by atoms with Gasteiger partial charge >= 0.3 is 17.8 Å². The molecule has 0 saturated carbocycles. The molecule has 0 aliphatic rings. The van der Waals surface area contributed by atoms with E-state index in [0.29, 0.717) is 16.3 Å². The van der Waals surface area contributed by atoms with Crippen LogP contribution in [0.25, 0.3) is 6.08 Å². The molecule has 0 saturated heterocycles. The third kappa shape index (κ3) is 7.04. The highest BCUT2D eigenvalue weighted by Gasteiger charge is 2.14. The Hall–Kier alpha value is -4.43. The van der Waals surface area contributed by atoms with E-state index in [4.69, 9.17) is 21.1 Å². The zero-order valence-corrected chi connectivity index (χ0v) is 18.8. The van der Waals surface area contributed by atoms with E-state index in [1.807, 2.05) is 30.3 Å². The van der Waals surface area contributed by atoms with Crippen molar-refractivity contribution in [3.63, 3.8) is 0 Å². The minimum Gasteiger partial charge on any atom is -0.493 e. The lowest BCUT2D eigenvalue weighted by Crippen LogP contribution is -2.32. The quantitative estimate of drug-likeness (QED) is 0.133. The first-order chi connectivity index (χ1) is 16.5. The fourth-order valence-corrected chi connectivity index (χ4v) is 2.86. The summed E-state index contributed by atoms with van der Waals surface area (Å²) in [6.07, 6.45) is 4.26. The monoisotopic (exact) mass is 477 g/mol. The molecule has 0 spiro atoms. The van der Waals surface area contributed by atoms with Gasteiger partial charge in [-0.05, 0) is 47.5 Å². The first-order valence-electron chi connectivity index (χ1n) is 9.98. The van der Waals surface area contributed by atoms with Crippen LogP contribution in [0.15, 0.2) is 84.0 Å². The van der Waals surface area contributed by atoms with Gasteiger partial charge in [-0.3, -0.25) is 9.59 Å². The molecule has 0 unspecified atom stereocenters. The van der Waals surface area contributed by atoms with Crippen LogP contribution in [0.4, 0.5) is 5.69 Å². The van der Waals surface area contributed by atoms with Gasteiger partial charge in [0.25, 0.3) is 0 Å². The Labute approximate surface area is 200 Å². The number of amides is 2. The van der Waals surface area contributed by atoms with Crippen LogP contribution in [0.1, 0.15) is 11.1 Å². The van der Waals surface area contributed by atoms with Crippen LogP contribution in [0.3, 0.4) is 0 Å². The first-order valence-corrected chi connectivity index (χ1v) is 10.4. The molecule has 0 bridgehead atoms. The zero-order chi connectivity index (χ0) is 24.3. The minimum absolute atomic E-state index is 0.213. The van der Waals surface area contributed by atoms with Gasteiger partial charge in [-0.1, -0.05) is 54.1 Å². The highest BCUT2D eigenvalue weighted by atomic mass is 35.5. The minimum atomic E-state index is -0.973. The second kappa shape index (κ2) is 12.0. The molecule has 2 amide bonds. The molecule has 9 heteroatoms. The van der Waals surface area contributed by atoms with Gasteiger partial charge in [-0.25, -0.2) is 10.2 Å². The Bertz CT molecular complexity index is 1240. The van der Waals surface area contributed by atoms with Gasteiger partial charge in [0.2, 0.25) is 0 Å². The number of hydrazone groups is 1. The van der Waals surface area contributed by atoms with Crippen LogP contribution in [-0.2, 0) is 14.4 Å². The molecule has 0 atom stereocenters. The summed E-state index contributed by atoms with van der Waals surface area (Å²) in [6, 6.07) is 20.5. The molecule has 3 aromatic carbocycles. The van der Waals surface area contributed by atoms with Gasteiger partial charge in [0.1, 0.15) is 0 Å². The SMILES string of the molecule is COc1cc(C=NNC(=O)C(=O)Nc2ccccc2Cl)ccc1OC(=O)C=Cc1ccccc1. The van der Waals surface area contributed by atoms with Crippen LogP contribution >= 0.6 is 11.6 Å². The molecule has 2 N–H and O–H groups in total. The number of carbonyl (C=O) groups is 3. The number of ether oxygens (including phenoxy) is 2. The molecule has 0 heterocycles. The van der Waals surface area contributed by atoms with Crippen molar-refractivity contribution >= 4 is 47.4 Å². The molecular weight excluding hydrogens is 458 g/mol. The van der Waals surface area contributed by atoms with Gasteiger partial charge in [-0.15, -0.1) is 0 Å². The summed E-state index contributed by atoms with van der Waals surface area (Å²) < 4.78 is 10.6. The van der Waals surface area contributed by atoms with Crippen molar-refractivity contribution in [3.8, 4) is 11.5 Å². The van der Waals surface area contributed by atoms with Crippen molar-refractivity contribution < 1.29 is 23.9 Å². The Morgan fingerprint density at radius 2 is 1.62 bits per heavy atom. The smallest absolute Gasteiger partial charge is 0.336 e. The molecule has 0 aliphatic heterocycles. The van der Waals surface area contributed by atoms with Crippen molar-refractivity contribution in [2.24, 2.45) is 5.10 Å². The summed E-state index contributed by atoms with van der Waals surface area (Å²) in [4.78, 5) is 36.0. The van der Waals surface area contributed by atoms with Gasteiger partial charge in [0, 0.05) is 6.08 Å². The number of carbonyl (C=O) groups excluding carboxylic acids is 3. The number of esters is 1. The molecule has 0 fully saturated rings. The Balaban J connectivity index is 1.57. The molecular formula is C25H20ClN3O5. The number of para-hydroxylation sites is 1. The number of benzene rings is 3. The Kier molecular flexibility index (Phi) is 8.54. The van der Waals surface area contributed by atoms with E-state index in [9.17, 15) is 14.4 Å². The van der Waals surface area contributed by atoms with Crippen molar-refractivity contribution in [2.45, 2.75) is 0 Å². The average Bonchev–Trinajstić information content (AvgIpc) is 2.85. The molecule has 3 aromatic rings. The predicted octanol–water partition coefficient (Wildman–Crippen LogP) is 4.06. The highest BCUT2D eigenvalue weighted by Crippen LogP contribution is 2.28. The number of rotatable bonds is 7. The highest BCUT2D eigenvalue weighted by molar-refractivity contribution is 6.41. The fraction of sp³-hybridized carbons (Fsp3) is 0.0400. The Morgan fingerprint density at radius 1 is 0.882 bits per heavy atom. The maximum atomic E-state index is 12.1. The number of nitrogens with zero attached hydrogens (tertiary/aromatic N) is 1. The third-order valence-corrected chi connectivity index (χ3v) is 4.65. The maximum Gasteiger partial charge on any atom is 0.336 e. The van der Waals surface area contributed by atoms with Gasteiger partial charge < -0.3 is 14.8 Å². The molecule has 0 aromatic heterocycles. The number of anilines is 1. The summed E-state index contributed by atoms with van der Waals surface area (Å²) in [7, 11) is 1.42. The van der Waals surface area contributed by atoms with E-state index in [1.165, 1.54) is 25.5 Å². The van der Waals surface area contributed by atoms with Crippen LogP contribution in [-0.4, -0.2) is 31.1 Å².